The maximum atomic E-state index is 13.2. The van der Waals surface area contributed by atoms with Crippen molar-refractivity contribution < 1.29 is 24.2 Å². The highest BCUT2D eigenvalue weighted by atomic mass is 31.2. The van der Waals surface area contributed by atoms with Gasteiger partial charge in [-0.2, -0.15) is 0 Å². The quantitative estimate of drug-likeness (QED) is 0.235. The molecule has 5 unspecified atom stereocenters. The molecule has 0 spiro atoms. The minimum Gasteiger partial charge on any atom is -0.391 e. The van der Waals surface area contributed by atoms with Crippen molar-refractivity contribution in [2.75, 3.05) is 24.2 Å². The zero-order chi connectivity index (χ0) is 26.7. The Hall–Kier alpha value is -1.89. The van der Waals surface area contributed by atoms with Gasteiger partial charge in [0, 0.05) is 18.4 Å². The second-order valence-electron chi connectivity index (χ2n) is 10.7. The summed E-state index contributed by atoms with van der Waals surface area (Å²) in [6, 6.07) is 8.14. The molecule has 2 amide bonds. The number of anilines is 1. The topological polar surface area (TPSA) is 128 Å². The third kappa shape index (κ3) is 10.2. The van der Waals surface area contributed by atoms with Crippen molar-refractivity contribution in [3.8, 4) is 0 Å². The monoisotopic (exact) mass is 523 g/mol. The molecule has 204 valence electrons. The van der Waals surface area contributed by atoms with Gasteiger partial charge in [-0.1, -0.05) is 71.6 Å². The summed E-state index contributed by atoms with van der Waals surface area (Å²) in [6.45, 7) is 7.58. The van der Waals surface area contributed by atoms with E-state index >= 15 is 0 Å². The van der Waals surface area contributed by atoms with Crippen LogP contribution >= 0.6 is 7.37 Å². The van der Waals surface area contributed by atoms with Crippen molar-refractivity contribution in [2.24, 2.45) is 17.8 Å². The SMILES string of the molecule is CCC(C)C(NC(=O)C(Nc1ccccc1)C(C)C)C(=O)NCC(O)CP(=O)(O)CC1CCCCC1. The van der Waals surface area contributed by atoms with Gasteiger partial charge >= 0.3 is 0 Å². The Morgan fingerprint density at radius 2 is 1.67 bits per heavy atom. The average molecular weight is 524 g/mol. The number of aliphatic hydroxyl groups is 1. The molecule has 9 heteroatoms. The number of carbonyl (C=O) groups excluding carboxylic acids is 2. The summed E-state index contributed by atoms with van der Waals surface area (Å²) in [5.41, 5.74) is 0.820. The number of hydrogen-bond donors (Lipinski definition) is 5. The standard InChI is InChI=1S/C27H46N3O5P/c1-5-20(4)25(30-27(33)24(19(2)3)29-22-14-10-7-11-15-22)26(32)28-16-23(31)18-36(34,35)17-21-12-8-6-9-13-21/h7,10-11,14-15,19-21,23-25,29,31H,5-6,8-9,12-13,16-18H2,1-4H3,(H,28,32)(H,30,33)(H,34,35). The highest BCUT2D eigenvalue weighted by Gasteiger charge is 2.32. The molecule has 8 nitrogen and oxygen atoms in total. The summed E-state index contributed by atoms with van der Waals surface area (Å²) in [5.74, 6) is -0.595. The molecule has 36 heavy (non-hydrogen) atoms. The Bertz CT molecular complexity index is 860. The Morgan fingerprint density at radius 3 is 2.25 bits per heavy atom. The molecule has 0 aromatic heterocycles. The van der Waals surface area contributed by atoms with Gasteiger partial charge < -0.3 is 26.0 Å². The molecule has 1 aromatic rings. The molecule has 1 aromatic carbocycles. The number of hydrogen-bond acceptors (Lipinski definition) is 5. The third-order valence-corrected chi connectivity index (χ3v) is 9.19. The predicted molar refractivity (Wildman–Crippen MR) is 145 cm³/mol. The van der Waals surface area contributed by atoms with Gasteiger partial charge in [0.2, 0.25) is 19.2 Å². The van der Waals surface area contributed by atoms with Gasteiger partial charge in [0.15, 0.2) is 0 Å². The van der Waals surface area contributed by atoms with E-state index in [1.54, 1.807) is 0 Å². The lowest BCUT2D eigenvalue weighted by Gasteiger charge is -2.29. The summed E-state index contributed by atoms with van der Waals surface area (Å²) < 4.78 is 12.7. The normalized spacial score (nSPS) is 19.5. The summed E-state index contributed by atoms with van der Waals surface area (Å²) in [4.78, 5) is 36.6. The number of carbonyl (C=O) groups is 2. The molecular weight excluding hydrogens is 477 g/mol. The molecule has 0 aliphatic heterocycles. The Labute approximate surface area is 216 Å². The zero-order valence-electron chi connectivity index (χ0n) is 22.3. The van der Waals surface area contributed by atoms with Crippen molar-refractivity contribution in [1.82, 2.24) is 10.6 Å². The van der Waals surface area contributed by atoms with Crippen molar-refractivity contribution in [2.45, 2.75) is 84.4 Å². The lowest BCUT2D eigenvalue weighted by atomic mass is 9.91. The van der Waals surface area contributed by atoms with E-state index in [2.05, 4.69) is 16.0 Å². The van der Waals surface area contributed by atoms with Crippen LogP contribution in [0.4, 0.5) is 5.69 Å². The molecule has 0 heterocycles. The molecule has 0 saturated heterocycles. The molecular formula is C27H46N3O5P. The van der Waals surface area contributed by atoms with E-state index in [0.29, 0.717) is 6.42 Å². The first-order chi connectivity index (χ1) is 17.0. The largest absolute Gasteiger partial charge is 0.391 e. The summed E-state index contributed by atoms with van der Waals surface area (Å²) in [5, 5.41) is 19.2. The second-order valence-corrected chi connectivity index (χ2v) is 13.1. The van der Waals surface area contributed by atoms with Gasteiger partial charge in [0.25, 0.3) is 0 Å². The molecule has 1 saturated carbocycles. The fourth-order valence-electron chi connectivity index (χ4n) is 4.76. The Kier molecular flexibility index (Phi) is 12.4. The number of benzene rings is 1. The van der Waals surface area contributed by atoms with Crippen LogP contribution in [0.2, 0.25) is 0 Å². The minimum absolute atomic E-state index is 0.0180. The van der Waals surface area contributed by atoms with Gasteiger partial charge in [0.05, 0.1) is 12.3 Å². The van der Waals surface area contributed by atoms with E-state index < -0.39 is 31.5 Å². The molecule has 1 aliphatic rings. The first kappa shape index (κ1) is 30.3. The average Bonchev–Trinajstić information content (AvgIpc) is 2.84. The van der Waals surface area contributed by atoms with Crippen LogP contribution in [0.3, 0.4) is 0 Å². The lowest BCUT2D eigenvalue weighted by Crippen LogP contribution is -2.55. The number of rotatable bonds is 14. The van der Waals surface area contributed by atoms with E-state index in [9.17, 15) is 24.2 Å². The summed E-state index contributed by atoms with van der Waals surface area (Å²) in [7, 11) is -3.49. The highest BCUT2D eigenvalue weighted by molar-refractivity contribution is 7.58. The molecule has 1 fully saturated rings. The van der Waals surface area contributed by atoms with Gasteiger partial charge in [0.1, 0.15) is 12.1 Å². The summed E-state index contributed by atoms with van der Waals surface area (Å²) in [6.07, 6.45) is 4.82. The van der Waals surface area contributed by atoms with Crippen LogP contribution in [-0.4, -0.2) is 58.9 Å². The van der Waals surface area contributed by atoms with E-state index in [-0.39, 0.29) is 42.5 Å². The van der Waals surface area contributed by atoms with E-state index in [4.69, 9.17) is 0 Å². The maximum Gasteiger partial charge on any atom is 0.243 e. The lowest BCUT2D eigenvalue weighted by molar-refractivity contribution is -0.131. The van der Waals surface area contributed by atoms with E-state index in [0.717, 1.165) is 31.4 Å². The Balaban J connectivity index is 1.94. The first-order valence-corrected chi connectivity index (χ1v) is 15.4. The molecule has 1 aliphatic carbocycles. The molecule has 5 N–H and O–H groups in total. The number of aliphatic hydroxyl groups excluding tert-OH is 1. The van der Waals surface area contributed by atoms with Gasteiger partial charge in [-0.15, -0.1) is 0 Å². The van der Waals surface area contributed by atoms with Crippen LogP contribution in [0, 0.1) is 17.8 Å². The highest BCUT2D eigenvalue weighted by Crippen LogP contribution is 2.45. The minimum atomic E-state index is -3.49. The van der Waals surface area contributed by atoms with Crippen LogP contribution in [0.15, 0.2) is 30.3 Å². The van der Waals surface area contributed by atoms with Crippen LogP contribution in [0.25, 0.3) is 0 Å². The molecule has 2 rings (SSSR count). The first-order valence-electron chi connectivity index (χ1n) is 13.4. The number of para-hydroxylation sites is 1. The van der Waals surface area contributed by atoms with Crippen LogP contribution in [0.1, 0.15) is 66.2 Å². The zero-order valence-corrected chi connectivity index (χ0v) is 23.2. The smallest absolute Gasteiger partial charge is 0.243 e. The second kappa shape index (κ2) is 14.7. The third-order valence-electron chi connectivity index (χ3n) is 7.11. The van der Waals surface area contributed by atoms with E-state index in [1.807, 2.05) is 58.0 Å². The summed E-state index contributed by atoms with van der Waals surface area (Å²) >= 11 is 0. The van der Waals surface area contributed by atoms with Crippen LogP contribution in [0.5, 0.6) is 0 Å². The van der Waals surface area contributed by atoms with Crippen LogP contribution < -0.4 is 16.0 Å². The fourth-order valence-corrected chi connectivity index (χ4v) is 6.87. The van der Waals surface area contributed by atoms with Crippen molar-refractivity contribution in [1.29, 1.82) is 0 Å². The van der Waals surface area contributed by atoms with E-state index in [1.165, 1.54) is 6.42 Å². The molecule has 0 bridgehead atoms. The fraction of sp³-hybridized carbons (Fsp3) is 0.704. The predicted octanol–water partition coefficient (Wildman–Crippen LogP) is 3.98. The van der Waals surface area contributed by atoms with Gasteiger partial charge in [-0.3, -0.25) is 14.2 Å². The van der Waals surface area contributed by atoms with Gasteiger partial charge in [-0.05, 0) is 42.7 Å². The van der Waals surface area contributed by atoms with Crippen LogP contribution in [-0.2, 0) is 14.2 Å². The molecule has 5 atom stereocenters. The van der Waals surface area contributed by atoms with Gasteiger partial charge in [-0.25, -0.2) is 0 Å². The maximum absolute atomic E-state index is 13.2. The van der Waals surface area contributed by atoms with Crippen molar-refractivity contribution in [3.63, 3.8) is 0 Å². The van der Waals surface area contributed by atoms with Crippen molar-refractivity contribution in [3.05, 3.63) is 30.3 Å². The molecule has 0 radical (unpaired) electrons. The number of nitrogens with one attached hydrogen (secondary N) is 3. The Morgan fingerprint density at radius 1 is 1.03 bits per heavy atom. The van der Waals surface area contributed by atoms with Crippen molar-refractivity contribution >= 4 is 24.9 Å². The number of amides is 2.